The van der Waals surface area contributed by atoms with Crippen LogP contribution < -0.4 is 0 Å². The normalized spacial score (nSPS) is 55.9. The van der Waals surface area contributed by atoms with Gasteiger partial charge in [-0.1, -0.05) is 13.8 Å². The second-order valence-electron chi connectivity index (χ2n) is 9.52. The summed E-state index contributed by atoms with van der Waals surface area (Å²) in [5.41, 5.74) is 0.224. The highest BCUT2D eigenvalue weighted by Crippen LogP contribution is 2.67. The molecule has 0 heterocycles. The summed E-state index contributed by atoms with van der Waals surface area (Å²) < 4.78 is 14.0. The standard InChI is InChI=1S/C20H31FO2/c1-19-7-5-14(22)10-13(19)9-12(11-21)18-15-3-4-17(23)20(15,2)8-6-16(18)19/h12-13,15-18,23H,3-11H2,1-2H3/t12-,13-,15-,16-,17-,18-,19-,20-/m0/s1. The van der Waals surface area contributed by atoms with Crippen LogP contribution in [0.2, 0.25) is 0 Å². The van der Waals surface area contributed by atoms with E-state index in [0.717, 1.165) is 44.9 Å². The molecule has 0 radical (unpaired) electrons. The van der Waals surface area contributed by atoms with Crippen molar-refractivity contribution in [3.05, 3.63) is 0 Å². The molecule has 4 rings (SSSR count). The van der Waals surface area contributed by atoms with E-state index in [1.54, 1.807) is 0 Å². The fourth-order valence-corrected chi connectivity index (χ4v) is 7.35. The lowest BCUT2D eigenvalue weighted by molar-refractivity contribution is -0.157. The van der Waals surface area contributed by atoms with Crippen LogP contribution in [0.1, 0.15) is 65.2 Å². The van der Waals surface area contributed by atoms with Crippen molar-refractivity contribution >= 4 is 5.78 Å². The predicted molar refractivity (Wildman–Crippen MR) is 87.6 cm³/mol. The minimum Gasteiger partial charge on any atom is -0.393 e. The van der Waals surface area contributed by atoms with E-state index in [1.165, 1.54) is 0 Å². The number of ketones is 1. The van der Waals surface area contributed by atoms with E-state index in [0.29, 0.717) is 35.9 Å². The number of halogens is 1. The first-order valence-electron chi connectivity index (χ1n) is 9.66. The van der Waals surface area contributed by atoms with Crippen LogP contribution >= 0.6 is 0 Å². The van der Waals surface area contributed by atoms with Crippen LogP contribution in [-0.2, 0) is 4.79 Å². The van der Waals surface area contributed by atoms with Crippen molar-refractivity contribution in [2.75, 3.05) is 6.67 Å². The Labute approximate surface area is 139 Å². The molecule has 0 unspecified atom stereocenters. The lowest BCUT2D eigenvalue weighted by Gasteiger charge is -2.62. The molecule has 0 spiro atoms. The maximum absolute atomic E-state index is 14.0. The van der Waals surface area contributed by atoms with Gasteiger partial charge in [-0.05, 0) is 78.9 Å². The average Bonchev–Trinajstić information content (AvgIpc) is 2.83. The molecule has 0 bridgehead atoms. The number of hydrogen-bond donors (Lipinski definition) is 1. The molecule has 130 valence electrons. The van der Waals surface area contributed by atoms with Gasteiger partial charge in [0, 0.05) is 12.8 Å². The van der Waals surface area contributed by atoms with Gasteiger partial charge in [0.15, 0.2) is 0 Å². The molecule has 0 aromatic carbocycles. The summed E-state index contributed by atoms with van der Waals surface area (Å²) in [6.07, 6.45) is 7.25. The average molecular weight is 322 g/mol. The number of carbonyl (C=O) groups excluding carboxylic acids is 1. The van der Waals surface area contributed by atoms with Crippen LogP contribution in [0.4, 0.5) is 4.39 Å². The summed E-state index contributed by atoms with van der Waals surface area (Å²) in [4.78, 5) is 12.0. The second-order valence-corrected chi connectivity index (χ2v) is 9.52. The zero-order valence-electron chi connectivity index (χ0n) is 14.6. The molecule has 4 aliphatic rings. The lowest BCUT2D eigenvalue weighted by atomic mass is 9.43. The van der Waals surface area contributed by atoms with E-state index in [2.05, 4.69) is 13.8 Å². The minimum atomic E-state index is -0.245. The molecule has 3 heteroatoms. The Morgan fingerprint density at radius 2 is 1.87 bits per heavy atom. The van der Waals surface area contributed by atoms with E-state index in [1.807, 2.05) is 0 Å². The molecular formula is C20H31FO2. The van der Waals surface area contributed by atoms with Crippen LogP contribution in [-0.4, -0.2) is 23.7 Å². The van der Waals surface area contributed by atoms with E-state index < -0.39 is 0 Å². The Morgan fingerprint density at radius 1 is 1.13 bits per heavy atom. The number of fused-ring (bicyclic) bond motifs is 5. The number of Topliss-reactive ketones (excluding diaryl/α,β-unsaturated/α-hetero) is 1. The van der Waals surface area contributed by atoms with Crippen molar-refractivity contribution in [1.29, 1.82) is 0 Å². The van der Waals surface area contributed by atoms with Crippen molar-refractivity contribution < 1.29 is 14.3 Å². The summed E-state index contributed by atoms with van der Waals surface area (Å²) in [5, 5.41) is 10.5. The molecule has 2 nitrogen and oxygen atoms in total. The first-order chi connectivity index (χ1) is 10.9. The molecular weight excluding hydrogens is 291 g/mol. The number of aliphatic hydroxyl groups is 1. The Bertz CT molecular complexity index is 506. The molecule has 4 saturated carbocycles. The van der Waals surface area contributed by atoms with Crippen LogP contribution in [0.3, 0.4) is 0 Å². The highest BCUT2D eigenvalue weighted by Gasteiger charge is 2.62. The number of rotatable bonds is 1. The molecule has 4 aliphatic carbocycles. The summed E-state index contributed by atoms with van der Waals surface area (Å²) in [6.45, 7) is 4.40. The van der Waals surface area contributed by atoms with Crippen LogP contribution in [0, 0.1) is 40.4 Å². The van der Waals surface area contributed by atoms with Gasteiger partial charge < -0.3 is 5.11 Å². The zero-order chi connectivity index (χ0) is 16.4. The van der Waals surface area contributed by atoms with Gasteiger partial charge in [0.2, 0.25) is 0 Å². The van der Waals surface area contributed by atoms with Gasteiger partial charge in [-0.15, -0.1) is 0 Å². The molecule has 0 aromatic heterocycles. The van der Waals surface area contributed by atoms with E-state index in [9.17, 15) is 14.3 Å². The third kappa shape index (κ3) is 2.11. The quantitative estimate of drug-likeness (QED) is 0.787. The van der Waals surface area contributed by atoms with Gasteiger partial charge in [-0.2, -0.15) is 0 Å². The monoisotopic (exact) mass is 322 g/mol. The minimum absolute atomic E-state index is 0.00225. The number of carbonyl (C=O) groups is 1. The first-order valence-corrected chi connectivity index (χ1v) is 9.66. The fourth-order valence-electron chi connectivity index (χ4n) is 7.35. The van der Waals surface area contributed by atoms with Crippen molar-refractivity contribution in [2.24, 2.45) is 40.4 Å². The van der Waals surface area contributed by atoms with Crippen LogP contribution in [0.5, 0.6) is 0 Å². The maximum atomic E-state index is 14.0. The predicted octanol–water partition coefficient (Wildman–Crippen LogP) is 4.15. The second kappa shape index (κ2) is 5.28. The molecule has 0 amide bonds. The Kier molecular flexibility index (Phi) is 3.68. The lowest BCUT2D eigenvalue weighted by Crippen LogP contribution is -2.57. The van der Waals surface area contributed by atoms with Gasteiger partial charge in [-0.25, -0.2) is 0 Å². The summed E-state index contributed by atoms with van der Waals surface area (Å²) in [5.74, 6) is 2.34. The first kappa shape index (κ1) is 16.1. The van der Waals surface area contributed by atoms with Crippen molar-refractivity contribution in [3.8, 4) is 0 Å². The highest BCUT2D eigenvalue weighted by atomic mass is 19.1. The number of hydrogen-bond acceptors (Lipinski definition) is 2. The third-order valence-electron chi connectivity index (χ3n) is 8.81. The number of aliphatic hydroxyl groups excluding tert-OH is 1. The van der Waals surface area contributed by atoms with Gasteiger partial charge >= 0.3 is 0 Å². The molecule has 8 atom stereocenters. The van der Waals surface area contributed by atoms with E-state index in [-0.39, 0.29) is 29.5 Å². The molecule has 1 N–H and O–H groups in total. The maximum Gasteiger partial charge on any atom is 0.133 e. The van der Waals surface area contributed by atoms with E-state index >= 15 is 0 Å². The summed E-state index contributed by atoms with van der Waals surface area (Å²) in [6, 6.07) is 0. The van der Waals surface area contributed by atoms with Crippen LogP contribution in [0.25, 0.3) is 0 Å². The van der Waals surface area contributed by atoms with Crippen LogP contribution in [0.15, 0.2) is 0 Å². The van der Waals surface area contributed by atoms with Gasteiger partial charge in [0.1, 0.15) is 5.78 Å². The molecule has 23 heavy (non-hydrogen) atoms. The van der Waals surface area contributed by atoms with Crippen molar-refractivity contribution in [1.82, 2.24) is 0 Å². The van der Waals surface area contributed by atoms with Crippen molar-refractivity contribution in [2.45, 2.75) is 71.3 Å². The van der Waals surface area contributed by atoms with Crippen molar-refractivity contribution in [3.63, 3.8) is 0 Å². The zero-order valence-corrected chi connectivity index (χ0v) is 14.6. The fraction of sp³-hybridized carbons (Fsp3) is 0.950. The SMILES string of the molecule is C[C@]12CCC(=O)C[C@@H]1C[C@@H](CF)[C@@H]1[C@@H]2CC[C@]2(C)[C@@H](O)CC[C@@H]12. The highest BCUT2D eigenvalue weighted by molar-refractivity contribution is 5.79. The smallest absolute Gasteiger partial charge is 0.133 e. The largest absolute Gasteiger partial charge is 0.393 e. The Balaban J connectivity index is 1.70. The summed E-state index contributed by atoms with van der Waals surface area (Å²) >= 11 is 0. The van der Waals surface area contributed by atoms with Gasteiger partial charge in [0.25, 0.3) is 0 Å². The van der Waals surface area contributed by atoms with E-state index in [4.69, 9.17) is 0 Å². The van der Waals surface area contributed by atoms with Gasteiger partial charge in [-0.3, -0.25) is 9.18 Å². The molecule has 4 fully saturated rings. The molecule has 0 aromatic rings. The third-order valence-corrected chi connectivity index (χ3v) is 8.81. The molecule has 0 saturated heterocycles. The topological polar surface area (TPSA) is 37.3 Å². The van der Waals surface area contributed by atoms with Gasteiger partial charge in [0.05, 0.1) is 12.8 Å². The summed E-state index contributed by atoms with van der Waals surface area (Å²) in [7, 11) is 0. The molecule has 0 aliphatic heterocycles. The Morgan fingerprint density at radius 3 is 2.61 bits per heavy atom. The Hall–Kier alpha value is -0.440. The number of alkyl halides is 1.